The fourth-order valence-electron chi connectivity index (χ4n) is 4.19. The summed E-state index contributed by atoms with van der Waals surface area (Å²) in [5.41, 5.74) is 2.73. The second-order valence-electron chi connectivity index (χ2n) is 10.1. The van der Waals surface area contributed by atoms with Crippen LogP contribution in [0.3, 0.4) is 0 Å². The van der Waals surface area contributed by atoms with Gasteiger partial charge in [0.15, 0.2) is 0 Å². The van der Waals surface area contributed by atoms with E-state index in [0.717, 1.165) is 22.3 Å². The quantitative estimate of drug-likeness (QED) is 0.523. The lowest BCUT2D eigenvalue weighted by atomic mass is 9.84. The van der Waals surface area contributed by atoms with E-state index in [1.54, 1.807) is 6.92 Å². The highest BCUT2D eigenvalue weighted by Crippen LogP contribution is 2.44. The van der Waals surface area contributed by atoms with Crippen LogP contribution in [0.5, 0.6) is 0 Å². The van der Waals surface area contributed by atoms with Gasteiger partial charge in [0.05, 0.1) is 0 Å². The highest BCUT2D eigenvalue weighted by atomic mass is 16.5. The second-order valence-corrected chi connectivity index (χ2v) is 10.1. The molecule has 0 aliphatic heterocycles. The number of nitrogens with one attached hydrogen (secondary N) is 2. The van der Waals surface area contributed by atoms with Gasteiger partial charge in [-0.3, -0.25) is 4.79 Å². The molecule has 0 saturated carbocycles. The number of carbonyl (C=O) groups excluding carboxylic acids is 2. The number of hydrogen-bond acceptors (Lipinski definition) is 4. The Labute approximate surface area is 200 Å². The number of rotatable bonds is 8. The summed E-state index contributed by atoms with van der Waals surface area (Å²) in [5, 5.41) is 14.8. The van der Waals surface area contributed by atoms with Gasteiger partial charge in [-0.25, -0.2) is 9.59 Å². The van der Waals surface area contributed by atoms with E-state index in [9.17, 15) is 19.5 Å². The molecule has 3 rings (SSSR count). The maximum absolute atomic E-state index is 12.8. The van der Waals surface area contributed by atoms with Gasteiger partial charge in [0, 0.05) is 18.4 Å². The van der Waals surface area contributed by atoms with Gasteiger partial charge >= 0.3 is 12.1 Å². The third kappa shape index (κ3) is 5.41. The monoisotopic (exact) mass is 466 g/mol. The Kier molecular flexibility index (Phi) is 7.34. The fourth-order valence-corrected chi connectivity index (χ4v) is 4.19. The van der Waals surface area contributed by atoms with Crippen LogP contribution in [0.2, 0.25) is 0 Å². The molecule has 0 saturated heterocycles. The van der Waals surface area contributed by atoms with Gasteiger partial charge in [0.2, 0.25) is 5.91 Å². The van der Waals surface area contributed by atoms with E-state index in [-0.39, 0.29) is 25.4 Å². The van der Waals surface area contributed by atoms with Crippen molar-refractivity contribution in [2.75, 3.05) is 6.61 Å². The van der Waals surface area contributed by atoms with Crippen LogP contribution in [0.4, 0.5) is 4.79 Å². The van der Waals surface area contributed by atoms with E-state index in [4.69, 9.17) is 4.74 Å². The first-order valence-electron chi connectivity index (χ1n) is 11.6. The molecule has 0 spiro atoms. The van der Waals surface area contributed by atoms with Crippen LogP contribution >= 0.6 is 0 Å². The summed E-state index contributed by atoms with van der Waals surface area (Å²) < 4.78 is 5.63. The van der Waals surface area contributed by atoms with Crippen molar-refractivity contribution >= 4 is 18.0 Å². The predicted molar refractivity (Wildman–Crippen MR) is 131 cm³/mol. The number of hydrogen-bond donors (Lipinski definition) is 3. The van der Waals surface area contributed by atoms with Gasteiger partial charge in [-0.2, -0.15) is 0 Å². The van der Waals surface area contributed by atoms with Crippen molar-refractivity contribution in [1.29, 1.82) is 0 Å². The molecule has 0 fully saturated rings. The minimum Gasteiger partial charge on any atom is -0.480 e. The van der Waals surface area contributed by atoms with Crippen LogP contribution < -0.4 is 10.6 Å². The summed E-state index contributed by atoms with van der Waals surface area (Å²) in [6, 6.07) is 15.7. The lowest BCUT2D eigenvalue weighted by molar-refractivity contribution is -0.147. The number of alkyl carbamates (subject to hydrolysis) is 1. The highest BCUT2D eigenvalue weighted by Gasteiger charge is 2.36. The zero-order valence-electron chi connectivity index (χ0n) is 20.5. The lowest BCUT2D eigenvalue weighted by Gasteiger charge is -2.32. The summed E-state index contributed by atoms with van der Waals surface area (Å²) in [6.45, 7) is 9.07. The van der Waals surface area contributed by atoms with Gasteiger partial charge in [-0.15, -0.1) is 0 Å². The Balaban J connectivity index is 1.66. The normalized spacial score (nSPS) is 15.4. The Morgan fingerprint density at radius 3 is 1.97 bits per heavy atom. The molecule has 2 aromatic rings. The maximum Gasteiger partial charge on any atom is 0.407 e. The molecule has 2 amide bonds. The summed E-state index contributed by atoms with van der Waals surface area (Å²) in [4.78, 5) is 36.9. The van der Waals surface area contributed by atoms with Crippen molar-refractivity contribution in [3.63, 3.8) is 0 Å². The number of carboxylic acids is 1. The van der Waals surface area contributed by atoms with Gasteiger partial charge in [-0.1, -0.05) is 76.2 Å². The van der Waals surface area contributed by atoms with Crippen LogP contribution in [0.15, 0.2) is 48.5 Å². The van der Waals surface area contributed by atoms with E-state index in [1.807, 2.05) is 45.0 Å². The smallest absolute Gasteiger partial charge is 0.407 e. The summed E-state index contributed by atoms with van der Waals surface area (Å²) in [6.07, 6.45) is -0.420. The SMILES string of the molecule is CCC(C)(NC(=O)CC(NC(=O)OCC1c2ccccc2-c2ccccc21)C(C)(C)C)C(=O)O. The summed E-state index contributed by atoms with van der Waals surface area (Å²) in [5.74, 6) is -1.60. The second kappa shape index (κ2) is 9.87. The van der Waals surface area contributed by atoms with Crippen molar-refractivity contribution in [2.45, 2.75) is 65.0 Å². The molecule has 1 aliphatic rings. The molecule has 2 aromatic carbocycles. The van der Waals surface area contributed by atoms with Crippen LogP contribution in [0.1, 0.15) is 64.5 Å². The first-order valence-corrected chi connectivity index (χ1v) is 11.6. The summed E-state index contributed by atoms with van der Waals surface area (Å²) >= 11 is 0. The molecule has 2 atom stereocenters. The van der Waals surface area contributed by atoms with Crippen molar-refractivity contribution in [2.24, 2.45) is 5.41 Å². The number of benzene rings is 2. The van der Waals surface area contributed by atoms with Crippen LogP contribution in [0.25, 0.3) is 11.1 Å². The molecule has 0 aromatic heterocycles. The van der Waals surface area contributed by atoms with E-state index in [2.05, 4.69) is 34.9 Å². The average Bonchev–Trinajstić information content (AvgIpc) is 3.10. The summed E-state index contributed by atoms with van der Waals surface area (Å²) in [7, 11) is 0. The molecule has 182 valence electrons. The Hall–Kier alpha value is -3.35. The number of amides is 2. The Morgan fingerprint density at radius 2 is 1.50 bits per heavy atom. The largest absolute Gasteiger partial charge is 0.480 e. The molecule has 34 heavy (non-hydrogen) atoms. The van der Waals surface area contributed by atoms with E-state index < -0.39 is 35.0 Å². The minimum absolute atomic E-state index is 0.0590. The van der Waals surface area contributed by atoms with Crippen LogP contribution in [-0.2, 0) is 14.3 Å². The number of carbonyl (C=O) groups is 3. The van der Waals surface area contributed by atoms with E-state index in [1.165, 1.54) is 6.92 Å². The predicted octanol–water partition coefficient (Wildman–Crippen LogP) is 4.70. The molecule has 7 heteroatoms. The molecule has 1 aliphatic carbocycles. The molecular weight excluding hydrogens is 432 g/mol. The number of ether oxygens (including phenoxy) is 1. The van der Waals surface area contributed by atoms with Crippen molar-refractivity contribution in [3.05, 3.63) is 59.7 Å². The number of aliphatic carboxylic acids is 1. The highest BCUT2D eigenvalue weighted by molar-refractivity contribution is 5.87. The lowest BCUT2D eigenvalue weighted by Crippen LogP contribution is -2.54. The third-order valence-electron chi connectivity index (χ3n) is 6.67. The van der Waals surface area contributed by atoms with E-state index in [0.29, 0.717) is 0 Å². The first kappa shape index (κ1) is 25.3. The third-order valence-corrected chi connectivity index (χ3v) is 6.67. The molecule has 7 nitrogen and oxygen atoms in total. The molecular formula is C27H34N2O5. The van der Waals surface area contributed by atoms with Crippen molar-refractivity contribution in [1.82, 2.24) is 10.6 Å². The van der Waals surface area contributed by atoms with Gasteiger partial charge in [0.25, 0.3) is 0 Å². The molecule has 0 heterocycles. The zero-order valence-corrected chi connectivity index (χ0v) is 20.5. The molecule has 3 N–H and O–H groups in total. The topological polar surface area (TPSA) is 105 Å². The number of fused-ring (bicyclic) bond motifs is 3. The van der Waals surface area contributed by atoms with Gasteiger partial charge in [0.1, 0.15) is 12.1 Å². The van der Waals surface area contributed by atoms with Crippen molar-refractivity contribution < 1.29 is 24.2 Å². The number of carboxylic acid groups (broad SMARTS) is 1. The Morgan fingerprint density at radius 1 is 0.971 bits per heavy atom. The molecule has 0 radical (unpaired) electrons. The van der Waals surface area contributed by atoms with Crippen LogP contribution in [-0.4, -0.2) is 41.3 Å². The van der Waals surface area contributed by atoms with Gasteiger partial charge in [-0.05, 0) is 41.0 Å². The fraction of sp³-hybridized carbons (Fsp3) is 0.444. The maximum atomic E-state index is 12.8. The van der Waals surface area contributed by atoms with E-state index >= 15 is 0 Å². The van der Waals surface area contributed by atoms with Gasteiger partial charge < -0.3 is 20.5 Å². The zero-order chi connectivity index (χ0) is 25.1. The first-order chi connectivity index (χ1) is 16.0. The standard InChI is InChI=1S/C27H34N2O5/c1-6-27(5,24(31)32)29-23(30)15-22(26(2,3)4)28-25(33)34-16-21-19-13-9-7-11-17(19)18-12-8-10-14-20(18)21/h7-14,21-22H,6,15-16H2,1-5H3,(H,28,33)(H,29,30)(H,31,32). The Bertz CT molecular complexity index is 1030. The van der Waals surface area contributed by atoms with Crippen LogP contribution in [0, 0.1) is 5.41 Å². The average molecular weight is 467 g/mol. The molecule has 0 bridgehead atoms. The minimum atomic E-state index is -1.36. The molecule has 2 unspecified atom stereocenters. The van der Waals surface area contributed by atoms with Crippen molar-refractivity contribution in [3.8, 4) is 11.1 Å².